The van der Waals surface area contributed by atoms with Gasteiger partial charge in [-0.1, -0.05) is 6.07 Å². The molecule has 0 aliphatic carbocycles. The van der Waals surface area contributed by atoms with Gasteiger partial charge in [0.05, 0.1) is 5.56 Å². The maximum atomic E-state index is 12.6. The average Bonchev–Trinajstić information content (AvgIpc) is 2.74. The molecule has 0 atom stereocenters. The van der Waals surface area contributed by atoms with Crippen LogP contribution < -0.4 is 10.6 Å². The number of carbonyl (C=O) groups excluding carboxylic acids is 1. The van der Waals surface area contributed by atoms with Crippen LogP contribution in [0.4, 0.5) is 23.7 Å². The number of alkyl halides is 3. The molecule has 0 spiro atoms. The van der Waals surface area contributed by atoms with Gasteiger partial charge in [0.2, 0.25) is 0 Å². The lowest BCUT2D eigenvalue weighted by molar-refractivity contribution is -0.137. The van der Waals surface area contributed by atoms with Gasteiger partial charge in [0.1, 0.15) is 11.5 Å². The van der Waals surface area contributed by atoms with Crippen LogP contribution in [0.3, 0.4) is 0 Å². The Labute approximate surface area is 125 Å². The van der Waals surface area contributed by atoms with E-state index in [4.69, 9.17) is 4.42 Å². The number of aryl methyl sites for hydroxylation is 2. The third kappa shape index (κ3) is 4.03. The van der Waals surface area contributed by atoms with E-state index in [0.717, 1.165) is 23.5 Å². The highest BCUT2D eigenvalue weighted by Gasteiger charge is 2.30. The first kappa shape index (κ1) is 15.9. The Morgan fingerprint density at radius 2 is 1.95 bits per heavy atom. The summed E-state index contributed by atoms with van der Waals surface area (Å²) in [5.74, 6) is 1.42. The number of furan rings is 1. The van der Waals surface area contributed by atoms with E-state index in [1.165, 1.54) is 12.1 Å². The molecule has 0 saturated carbocycles. The zero-order valence-corrected chi connectivity index (χ0v) is 12.0. The Hall–Kier alpha value is -2.44. The fraction of sp³-hybridized carbons (Fsp3) is 0.267. The third-order valence-electron chi connectivity index (χ3n) is 3.03. The van der Waals surface area contributed by atoms with Crippen molar-refractivity contribution in [3.63, 3.8) is 0 Å². The molecule has 0 aliphatic heterocycles. The smallest absolute Gasteiger partial charge is 0.416 e. The van der Waals surface area contributed by atoms with Gasteiger partial charge in [-0.05, 0) is 38.1 Å². The number of hydrogen-bond acceptors (Lipinski definition) is 2. The summed E-state index contributed by atoms with van der Waals surface area (Å²) in [6.07, 6.45) is -4.44. The van der Waals surface area contributed by atoms with Crippen LogP contribution in [0.25, 0.3) is 0 Å². The second-order valence-electron chi connectivity index (χ2n) is 4.82. The lowest BCUT2D eigenvalue weighted by Crippen LogP contribution is -2.28. The van der Waals surface area contributed by atoms with E-state index >= 15 is 0 Å². The molecule has 1 aromatic carbocycles. The van der Waals surface area contributed by atoms with Gasteiger partial charge in [0.25, 0.3) is 0 Å². The minimum absolute atomic E-state index is 0.0763. The second kappa shape index (κ2) is 6.13. The largest absolute Gasteiger partial charge is 0.466 e. The van der Waals surface area contributed by atoms with Crippen LogP contribution in [0.2, 0.25) is 0 Å². The fourth-order valence-electron chi connectivity index (χ4n) is 1.98. The van der Waals surface area contributed by atoms with Gasteiger partial charge in [0.15, 0.2) is 0 Å². The summed E-state index contributed by atoms with van der Waals surface area (Å²) in [6, 6.07) is 5.66. The lowest BCUT2D eigenvalue weighted by atomic mass is 10.2. The Balaban J connectivity index is 1.96. The summed E-state index contributed by atoms with van der Waals surface area (Å²) in [5, 5.41) is 4.94. The van der Waals surface area contributed by atoms with Gasteiger partial charge in [0, 0.05) is 17.8 Å². The molecule has 118 valence electrons. The van der Waals surface area contributed by atoms with Crippen molar-refractivity contribution in [3.05, 3.63) is 53.0 Å². The van der Waals surface area contributed by atoms with Gasteiger partial charge in [-0.3, -0.25) is 0 Å². The number of amides is 2. The zero-order valence-electron chi connectivity index (χ0n) is 12.0. The zero-order chi connectivity index (χ0) is 16.3. The van der Waals surface area contributed by atoms with Crippen molar-refractivity contribution in [2.24, 2.45) is 0 Å². The van der Waals surface area contributed by atoms with Gasteiger partial charge in [-0.2, -0.15) is 13.2 Å². The first-order valence-electron chi connectivity index (χ1n) is 6.54. The molecule has 2 amide bonds. The number of urea groups is 1. The van der Waals surface area contributed by atoms with E-state index < -0.39 is 17.8 Å². The van der Waals surface area contributed by atoms with Crippen molar-refractivity contribution in [3.8, 4) is 0 Å². The van der Waals surface area contributed by atoms with E-state index in [1.54, 1.807) is 19.9 Å². The Morgan fingerprint density at radius 3 is 2.55 bits per heavy atom. The predicted octanol–water partition coefficient (Wildman–Crippen LogP) is 4.24. The van der Waals surface area contributed by atoms with Crippen LogP contribution in [-0.4, -0.2) is 6.03 Å². The molecule has 2 N–H and O–H groups in total. The van der Waals surface area contributed by atoms with Crippen LogP contribution in [0, 0.1) is 13.8 Å². The number of benzene rings is 1. The highest BCUT2D eigenvalue weighted by atomic mass is 19.4. The minimum Gasteiger partial charge on any atom is -0.466 e. The Bertz CT molecular complexity index is 678. The maximum absolute atomic E-state index is 12.6. The number of halogens is 3. The first-order chi connectivity index (χ1) is 10.3. The van der Waals surface area contributed by atoms with Crippen molar-refractivity contribution < 1.29 is 22.4 Å². The van der Waals surface area contributed by atoms with Gasteiger partial charge < -0.3 is 15.1 Å². The van der Waals surface area contributed by atoms with E-state index in [-0.39, 0.29) is 12.2 Å². The first-order valence-corrected chi connectivity index (χ1v) is 6.54. The Morgan fingerprint density at radius 1 is 1.23 bits per heavy atom. The second-order valence-corrected chi connectivity index (χ2v) is 4.82. The lowest BCUT2D eigenvalue weighted by Gasteiger charge is -2.10. The summed E-state index contributed by atoms with van der Waals surface area (Å²) >= 11 is 0. The molecule has 22 heavy (non-hydrogen) atoms. The van der Waals surface area contributed by atoms with Crippen LogP contribution in [0.15, 0.2) is 34.7 Å². The Kier molecular flexibility index (Phi) is 4.44. The highest BCUT2D eigenvalue weighted by molar-refractivity contribution is 5.89. The molecule has 0 bridgehead atoms. The van der Waals surface area contributed by atoms with Crippen molar-refractivity contribution >= 4 is 11.7 Å². The average molecular weight is 312 g/mol. The molecule has 1 aromatic heterocycles. The van der Waals surface area contributed by atoms with E-state index in [0.29, 0.717) is 5.76 Å². The summed E-state index contributed by atoms with van der Waals surface area (Å²) in [5.41, 5.74) is 0.0794. The van der Waals surface area contributed by atoms with Gasteiger partial charge in [-0.15, -0.1) is 0 Å². The fourth-order valence-corrected chi connectivity index (χ4v) is 1.98. The molecular weight excluding hydrogens is 297 g/mol. The van der Waals surface area contributed by atoms with Crippen LogP contribution >= 0.6 is 0 Å². The summed E-state index contributed by atoms with van der Waals surface area (Å²) in [4.78, 5) is 11.7. The van der Waals surface area contributed by atoms with Crippen LogP contribution in [-0.2, 0) is 12.7 Å². The number of hydrogen-bond donors (Lipinski definition) is 2. The molecule has 0 radical (unpaired) electrons. The van der Waals surface area contributed by atoms with E-state index in [2.05, 4.69) is 10.6 Å². The maximum Gasteiger partial charge on any atom is 0.416 e. The molecule has 0 fully saturated rings. The molecule has 0 aliphatic rings. The molecule has 2 rings (SSSR count). The summed E-state index contributed by atoms with van der Waals surface area (Å²) < 4.78 is 43.1. The molecule has 0 saturated heterocycles. The van der Waals surface area contributed by atoms with Crippen LogP contribution in [0.1, 0.15) is 22.6 Å². The molecule has 2 aromatic rings. The standard InChI is InChI=1S/C15H15F3N2O2/c1-9-6-11(10(2)22-9)8-19-14(21)20-13-5-3-4-12(7-13)15(16,17)18/h3-7H,8H2,1-2H3,(H2,19,20,21). The van der Waals surface area contributed by atoms with E-state index in [9.17, 15) is 18.0 Å². The minimum atomic E-state index is -4.44. The highest BCUT2D eigenvalue weighted by Crippen LogP contribution is 2.30. The molecule has 1 heterocycles. The number of anilines is 1. The number of rotatable bonds is 3. The summed E-state index contributed by atoms with van der Waals surface area (Å²) in [7, 11) is 0. The molecule has 4 nitrogen and oxygen atoms in total. The van der Waals surface area contributed by atoms with Crippen molar-refractivity contribution in [1.29, 1.82) is 0 Å². The summed E-state index contributed by atoms with van der Waals surface area (Å²) in [6.45, 7) is 3.79. The number of carbonyl (C=O) groups is 1. The topological polar surface area (TPSA) is 54.3 Å². The van der Waals surface area contributed by atoms with Gasteiger partial charge >= 0.3 is 12.2 Å². The quantitative estimate of drug-likeness (QED) is 0.891. The van der Waals surface area contributed by atoms with Crippen molar-refractivity contribution in [2.75, 3.05) is 5.32 Å². The third-order valence-corrected chi connectivity index (χ3v) is 3.03. The monoisotopic (exact) mass is 312 g/mol. The SMILES string of the molecule is Cc1cc(CNC(=O)Nc2cccc(C(F)(F)F)c2)c(C)o1. The molecular formula is C15H15F3N2O2. The van der Waals surface area contributed by atoms with Crippen LogP contribution in [0.5, 0.6) is 0 Å². The predicted molar refractivity (Wildman–Crippen MR) is 75.5 cm³/mol. The van der Waals surface area contributed by atoms with E-state index in [1.807, 2.05) is 0 Å². The number of nitrogens with one attached hydrogen (secondary N) is 2. The normalized spacial score (nSPS) is 11.3. The molecule has 7 heteroatoms. The van der Waals surface area contributed by atoms with Crippen molar-refractivity contribution in [2.45, 2.75) is 26.6 Å². The molecule has 0 unspecified atom stereocenters. The van der Waals surface area contributed by atoms with Crippen molar-refractivity contribution in [1.82, 2.24) is 5.32 Å². The van der Waals surface area contributed by atoms with Gasteiger partial charge in [-0.25, -0.2) is 4.79 Å².